The van der Waals surface area contributed by atoms with Crippen LogP contribution in [-0.2, 0) is 4.74 Å². The lowest BCUT2D eigenvalue weighted by atomic mass is 10.1. The fourth-order valence-corrected chi connectivity index (χ4v) is 2.75. The van der Waals surface area contributed by atoms with E-state index in [-0.39, 0.29) is 5.60 Å². The molecule has 20 heavy (non-hydrogen) atoms. The summed E-state index contributed by atoms with van der Waals surface area (Å²) in [5.41, 5.74) is 0.647. The van der Waals surface area contributed by atoms with E-state index in [1.165, 1.54) is 11.8 Å². The Bertz CT molecular complexity index is 460. The maximum absolute atomic E-state index is 11.5. The van der Waals surface area contributed by atoms with Gasteiger partial charge in [-0.1, -0.05) is 13.0 Å². The van der Waals surface area contributed by atoms with Crippen LogP contribution in [0.1, 0.15) is 38.1 Å². The molecule has 0 unspecified atom stereocenters. The van der Waals surface area contributed by atoms with Gasteiger partial charge in [-0.3, -0.25) is 0 Å². The second kappa shape index (κ2) is 7.55. The molecular weight excluding hydrogens is 274 g/mol. The van der Waals surface area contributed by atoms with Crippen LogP contribution in [0, 0.1) is 0 Å². The number of ether oxygens (including phenoxy) is 1. The maximum Gasteiger partial charge on any atom is 0.338 e. The number of benzene rings is 1. The lowest BCUT2D eigenvalue weighted by Gasteiger charge is -2.26. The van der Waals surface area contributed by atoms with Crippen LogP contribution in [-0.4, -0.2) is 35.6 Å². The van der Waals surface area contributed by atoms with Crippen molar-refractivity contribution in [3.63, 3.8) is 0 Å². The molecule has 1 aromatic carbocycles. The van der Waals surface area contributed by atoms with E-state index in [1.807, 2.05) is 39.8 Å². The van der Waals surface area contributed by atoms with Gasteiger partial charge in [-0.05, 0) is 38.7 Å². The van der Waals surface area contributed by atoms with Gasteiger partial charge in [0.05, 0.1) is 11.2 Å². The number of hydrogen-bond acceptors (Lipinski definition) is 4. The lowest BCUT2D eigenvalue weighted by molar-refractivity contribution is 0.000655. The molecule has 1 aromatic rings. The first-order valence-corrected chi connectivity index (χ1v) is 7.76. The summed E-state index contributed by atoms with van der Waals surface area (Å²) in [7, 11) is 0. The van der Waals surface area contributed by atoms with E-state index in [9.17, 15) is 9.90 Å². The van der Waals surface area contributed by atoms with Crippen molar-refractivity contribution in [2.24, 2.45) is 0 Å². The van der Waals surface area contributed by atoms with Gasteiger partial charge in [0.15, 0.2) is 0 Å². The number of rotatable bonds is 8. The molecule has 1 rings (SSSR count). The fourth-order valence-electron chi connectivity index (χ4n) is 1.92. The smallest absolute Gasteiger partial charge is 0.338 e. The minimum absolute atomic E-state index is 0.335. The summed E-state index contributed by atoms with van der Waals surface area (Å²) in [6, 6.07) is 5.52. The Labute approximate surface area is 124 Å². The third kappa shape index (κ3) is 4.72. The van der Waals surface area contributed by atoms with E-state index in [4.69, 9.17) is 4.74 Å². The van der Waals surface area contributed by atoms with Crippen LogP contribution in [0.4, 0.5) is 5.69 Å². The van der Waals surface area contributed by atoms with Crippen LogP contribution >= 0.6 is 11.8 Å². The molecule has 2 N–H and O–H groups in total. The number of hydrogen-bond donors (Lipinski definition) is 2. The molecule has 0 spiro atoms. The first kappa shape index (κ1) is 16.9. The number of carbonyl (C=O) groups is 1. The number of aromatic carboxylic acids is 1. The zero-order valence-corrected chi connectivity index (χ0v) is 13.3. The van der Waals surface area contributed by atoms with E-state index in [0.29, 0.717) is 24.4 Å². The SMILES string of the molecule is CCOC(C)(C)CNc1cccc(SCC)c1C(=O)O. The second-order valence-electron chi connectivity index (χ2n) is 4.96. The summed E-state index contributed by atoms with van der Waals surface area (Å²) >= 11 is 1.54. The minimum atomic E-state index is -0.904. The molecule has 112 valence electrons. The Morgan fingerprint density at radius 3 is 2.65 bits per heavy atom. The Balaban J connectivity index is 2.94. The Kier molecular flexibility index (Phi) is 6.36. The van der Waals surface area contributed by atoms with E-state index >= 15 is 0 Å². The minimum Gasteiger partial charge on any atom is -0.478 e. The van der Waals surface area contributed by atoms with E-state index < -0.39 is 5.97 Å². The standard InChI is InChI=1S/C15H23NO3S/c1-5-19-15(3,4)10-16-11-8-7-9-12(20-6-2)13(11)14(17)18/h7-9,16H,5-6,10H2,1-4H3,(H,17,18). The average molecular weight is 297 g/mol. The van der Waals surface area contributed by atoms with Crippen molar-refractivity contribution in [2.45, 2.75) is 38.2 Å². The van der Waals surface area contributed by atoms with Crippen molar-refractivity contribution in [3.05, 3.63) is 23.8 Å². The Morgan fingerprint density at radius 1 is 1.40 bits per heavy atom. The van der Waals surface area contributed by atoms with Gasteiger partial charge in [0.2, 0.25) is 0 Å². The third-order valence-electron chi connectivity index (χ3n) is 2.78. The molecule has 0 atom stereocenters. The normalized spacial score (nSPS) is 11.4. The van der Waals surface area contributed by atoms with Crippen LogP contribution in [0.15, 0.2) is 23.1 Å². The predicted octanol–water partition coefficient (Wildman–Crippen LogP) is 3.72. The van der Waals surface area contributed by atoms with E-state index in [2.05, 4.69) is 5.32 Å². The fraction of sp³-hybridized carbons (Fsp3) is 0.533. The van der Waals surface area contributed by atoms with Crippen LogP contribution in [0.2, 0.25) is 0 Å². The van der Waals surface area contributed by atoms with Crippen molar-refractivity contribution in [2.75, 3.05) is 24.2 Å². The molecule has 5 heteroatoms. The summed E-state index contributed by atoms with van der Waals surface area (Å²) in [5, 5.41) is 12.6. The van der Waals surface area contributed by atoms with Gasteiger partial charge in [0.25, 0.3) is 0 Å². The van der Waals surface area contributed by atoms with Crippen LogP contribution in [0.25, 0.3) is 0 Å². The van der Waals surface area contributed by atoms with Gasteiger partial charge in [0.1, 0.15) is 0 Å². The number of carboxylic acids is 1. The van der Waals surface area contributed by atoms with Crippen molar-refractivity contribution in [1.82, 2.24) is 0 Å². The maximum atomic E-state index is 11.5. The molecule has 0 bridgehead atoms. The molecule has 0 saturated heterocycles. The van der Waals surface area contributed by atoms with E-state index in [0.717, 1.165) is 10.6 Å². The molecule has 0 saturated carbocycles. The Hall–Kier alpha value is -1.20. The third-order valence-corrected chi connectivity index (χ3v) is 3.72. The molecule has 0 heterocycles. The van der Waals surface area contributed by atoms with Crippen molar-refractivity contribution < 1.29 is 14.6 Å². The predicted molar refractivity (Wildman–Crippen MR) is 84.0 cm³/mol. The molecule has 0 aromatic heterocycles. The molecule has 4 nitrogen and oxygen atoms in total. The molecular formula is C15H23NO3S. The zero-order valence-electron chi connectivity index (χ0n) is 12.5. The average Bonchev–Trinajstić information content (AvgIpc) is 2.36. The highest BCUT2D eigenvalue weighted by atomic mass is 32.2. The monoisotopic (exact) mass is 297 g/mol. The summed E-state index contributed by atoms with van der Waals surface area (Å²) in [5.74, 6) is -0.0629. The van der Waals surface area contributed by atoms with Crippen LogP contribution < -0.4 is 5.32 Å². The molecule has 0 fully saturated rings. The van der Waals surface area contributed by atoms with Gasteiger partial charge in [-0.15, -0.1) is 11.8 Å². The highest BCUT2D eigenvalue weighted by molar-refractivity contribution is 7.99. The molecule has 0 aliphatic carbocycles. The number of nitrogens with one attached hydrogen (secondary N) is 1. The quantitative estimate of drug-likeness (QED) is 0.716. The van der Waals surface area contributed by atoms with Gasteiger partial charge in [0, 0.05) is 23.7 Å². The lowest BCUT2D eigenvalue weighted by Crippen LogP contribution is -2.33. The molecule has 0 aliphatic heterocycles. The molecule has 0 amide bonds. The first-order chi connectivity index (χ1) is 9.41. The highest BCUT2D eigenvalue weighted by Crippen LogP contribution is 2.29. The van der Waals surface area contributed by atoms with Crippen molar-refractivity contribution in [1.29, 1.82) is 0 Å². The van der Waals surface area contributed by atoms with E-state index in [1.54, 1.807) is 6.07 Å². The summed E-state index contributed by atoms with van der Waals surface area (Å²) in [6.07, 6.45) is 0. The zero-order chi connectivity index (χ0) is 15.2. The van der Waals surface area contributed by atoms with Gasteiger partial charge in [-0.25, -0.2) is 4.79 Å². The van der Waals surface area contributed by atoms with Crippen LogP contribution in [0.3, 0.4) is 0 Å². The summed E-state index contributed by atoms with van der Waals surface area (Å²) in [4.78, 5) is 12.3. The topological polar surface area (TPSA) is 58.6 Å². The largest absolute Gasteiger partial charge is 0.478 e. The van der Waals surface area contributed by atoms with Gasteiger partial charge < -0.3 is 15.2 Å². The number of thioether (sulfide) groups is 1. The van der Waals surface area contributed by atoms with Crippen LogP contribution in [0.5, 0.6) is 0 Å². The number of anilines is 1. The summed E-state index contributed by atoms with van der Waals surface area (Å²) < 4.78 is 5.61. The first-order valence-electron chi connectivity index (χ1n) is 6.78. The number of carboxylic acid groups (broad SMARTS) is 1. The Morgan fingerprint density at radius 2 is 2.10 bits per heavy atom. The van der Waals surface area contributed by atoms with Crippen molar-refractivity contribution in [3.8, 4) is 0 Å². The molecule has 0 aliphatic rings. The van der Waals surface area contributed by atoms with Gasteiger partial charge >= 0.3 is 5.97 Å². The van der Waals surface area contributed by atoms with Crippen molar-refractivity contribution >= 4 is 23.4 Å². The van der Waals surface area contributed by atoms with Gasteiger partial charge in [-0.2, -0.15) is 0 Å². The second-order valence-corrected chi connectivity index (χ2v) is 6.27. The highest BCUT2D eigenvalue weighted by Gasteiger charge is 2.20. The summed E-state index contributed by atoms with van der Waals surface area (Å²) in [6.45, 7) is 9.11. The molecule has 0 radical (unpaired) electrons.